The normalized spacial score (nSPS) is 23.1. The van der Waals surface area contributed by atoms with Crippen molar-refractivity contribution >= 4 is 5.95 Å². The van der Waals surface area contributed by atoms with E-state index in [9.17, 15) is 0 Å². The predicted octanol–water partition coefficient (Wildman–Crippen LogP) is 2.16. The van der Waals surface area contributed by atoms with E-state index in [4.69, 9.17) is 9.47 Å². The largest absolute Gasteiger partial charge is 0.478 e. The molecule has 2 unspecified atom stereocenters. The van der Waals surface area contributed by atoms with Gasteiger partial charge >= 0.3 is 0 Å². The molecule has 1 aromatic heterocycles. The van der Waals surface area contributed by atoms with Crippen LogP contribution in [0.25, 0.3) is 0 Å². The minimum atomic E-state index is 0.254. The summed E-state index contributed by atoms with van der Waals surface area (Å²) in [5.74, 6) is 1.26. The third kappa shape index (κ3) is 3.10. The summed E-state index contributed by atoms with van der Waals surface area (Å²) >= 11 is 0. The number of ether oxygens (including phenoxy) is 2. The minimum absolute atomic E-state index is 0.254. The van der Waals surface area contributed by atoms with Crippen LogP contribution in [-0.4, -0.2) is 35.8 Å². The second kappa shape index (κ2) is 6.00. The summed E-state index contributed by atoms with van der Waals surface area (Å²) in [4.78, 5) is 8.75. The van der Waals surface area contributed by atoms with Crippen LogP contribution in [0.2, 0.25) is 0 Å². The zero-order valence-corrected chi connectivity index (χ0v) is 11.3. The first-order chi connectivity index (χ1) is 8.72. The maximum atomic E-state index is 5.45. The molecule has 0 aromatic carbocycles. The highest BCUT2D eigenvalue weighted by Crippen LogP contribution is 2.24. The van der Waals surface area contributed by atoms with Crippen LogP contribution in [0.4, 0.5) is 5.95 Å². The maximum absolute atomic E-state index is 5.45. The molecule has 1 aromatic rings. The molecule has 1 N–H and O–H groups in total. The standard InChI is InChI=1S/C13H21N3O2/c1-4-18-12-8-9(2)14-13(16-12)15-10-6-5-7-11(10)17-3/h8,10-11H,4-7H2,1-3H3,(H,14,15,16). The molecule has 5 nitrogen and oxygen atoms in total. The Bertz CT molecular complexity index is 398. The zero-order chi connectivity index (χ0) is 13.0. The van der Waals surface area contributed by atoms with Gasteiger partial charge in [-0.25, -0.2) is 4.98 Å². The van der Waals surface area contributed by atoms with Gasteiger partial charge in [-0.3, -0.25) is 0 Å². The number of aromatic nitrogens is 2. The Kier molecular flexibility index (Phi) is 4.36. The van der Waals surface area contributed by atoms with Gasteiger partial charge in [0, 0.05) is 18.9 Å². The molecule has 1 aliphatic rings. The molecule has 1 aliphatic carbocycles. The average Bonchev–Trinajstić information content (AvgIpc) is 2.76. The quantitative estimate of drug-likeness (QED) is 0.869. The third-order valence-electron chi connectivity index (χ3n) is 3.19. The number of methoxy groups -OCH3 is 1. The lowest BCUT2D eigenvalue weighted by Crippen LogP contribution is -2.30. The van der Waals surface area contributed by atoms with Crippen molar-refractivity contribution in [1.82, 2.24) is 9.97 Å². The van der Waals surface area contributed by atoms with Crippen LogP contribution in [0.3, 0.4) is 0 Å². The Morgan fingerprint density at radius 1 is 1.39 bits per heavy atom. The lowest BCUT2D eigenvalue weighted by molar-refractivity contribution is 0.101. The monoisotopic (exact) mass is 251 g/mol. The Labute approximate surface area is 108 Å². The smallest absolute Gasteiger partial charge is 0.226 e. The number of aryl methyl sites for hydroxylation is 1. The Hall–Kier alpha value is -1.36. The van der Waals surface area contributed by atoms with Gasteiger partial charge in [0.2, 0.25) is 11.8 Å². The second-order valence-electron chi connectivity index (χ2n) is 4.56. The van der Waals surface area contributed by atoms with E-state index in [0.717, 1.165) is 18.5 Å². The molecular formula is C13H21N3O2. The molecule has 0 spiro atoms. The summed E-state index contributed by atoms with van der Waals surface area (Å²) < 4.78 is 10.9. The molecular weight excluding hydrogens is 230 g/mol. The van der Waals surface area contributed by atoms with Crippen LogP contribution < -0.4 is 10.1 Å². The van der Waals surface area contributed by atoms with Gasteiger partial charge in [0.15, 0.2) is 0 Å². The molecule has 1 heterocycles. The van der Waals surface area contributed by atoms with Crippen molar-refractivity contribution in [2.45, 2.75) is 45.3 Å². The van der Waals surface area contributed by atoms with Gasteiger partial charge in [-0.2, -0.15) is 4.98 Å². The summed E-state index contributed by atoms with van der Waals surface area (Å²) in [6, 6.07) is 2.14. The van der Waals surface area contributed by atoms with E-state index < -0.39 is 0 Å². The van der Waals surface area contributed by atoms with E-state index in [0.29, 0.717) is 24.5 Å². The summed E-state index contributed by atoms with van der Waals surface area (Å²) in [7, 11) is 1.76. The number of anilines is 1. The highest BCUT2D eigenvalue weighted by atomic mass is 16.5. The molecule has 0 amide bonds. The molecule has 2 rings (SSSR count). The van der Waals surface area contributed by atoms with Crippen molar-refractivity contribution in [2.75, 3.05) is 19.0 Å². The van der Waals surface area contributed by atoms with Gasteiger partial charge in [-0.05, 0) is 33.1 Å². The number of nitrogens with one attached hydrogen (secondary N) is 1. The van der Waals surface area contributed by atoms with Crippen LogP contribution in [0.5, 0.6) is 5.88 Å². The highest BCUT2D eigenvalue weighted by Gasteiger charge is 2.27. The molecule has 100 valence electrons. The molecule has 1 fully saturated rings. The first-order valence-electron chi connectivity index (χ1n) is 6.50. The molecule has 18 heavy (non-hydrogen) atoms. The number of rotatable bonds is 5. The second-order valence-corrected chi connectivity index (χ2v) is 4.56. The van der Waals surface area contributed by atoms with Crippen LogP contribution in [-0.2, 0) is 4.74 Å². The van der Waals surface area contributed by atoms with E-state index in [-0.39, 0.29) is 6.10 Å². The Morgan fingerprint density at radius 2 is 2.22 bits per heavy atom. The van der Waals surface area contributed by atoms with Crippen molar-refractivity contribution in [2.24, 2.45) is 0 Å². The minimum Gasteiger partial charge on any atom is -0.478 e. The first kappa shape index (κ1) is 13.1. The topological polar surface area (TPSA) is 56.3 Å². The van der Waals surface area contributed by atoms with E-state index in [2.05, 4.69) is 15.3 Å². The third-order valence-corrected chi connectivity index (χ3v) is 3.19. The van der Waals surface area contributed by atoms with Gasteiger partial charge in [0.05, 0.1) is 18.8 Å². The molecule has 0 saturated heterocycles. The van der Waals surface area contributed by atoms with Crippen molar-refractivity contribution in [3.05, 3.63) is 11.8 Å². The molecule has 2 atom stereocenters. The van der Waals surface area contributed by atoms with E-state index in [1.54, 1.807) is 7.11 Å². The van der Waals surface area contributed by atoms with Crippen molar-refractivity contribution in [1.29, 1.82) is 0 Å². The molecule has 5 heteroatoms. The summed E-state index contributed by atoms with van der Waals surface area (Å²) in [5, 5.41) is 3.35. The van der Waals surface area contributed by atoms with E-state index in [1.807, 2.05) is 19.9 Å². The van der Waals surface area contributed by atoms with Gasteiger partial charge in [0.25, 0.3) is 0 Å². The van der Waals surface area contributed by atoms with E-state index >= 15 is 0 Å². The summed E-state index contributed by atoms with van der Waals surface area (Å²) in [6.07, 6.45) is 3.63. The van der Waals surface area contributed by atoms with Crippen molar-refractivity contribution in [3.8, 4) is 5.88 Å². The van der Waals surface area contributed by atoms with Gasteiger partial charge < -0.3 is 14.8 Å². The fraction of sp³-hybridized carbons (Fsp3) is 0.692. The van der Waals surface area contributed by atoms with Gasteiger partial charge in [0.1, 0.15) is 0 Å². The molecule has 1 saturated carbocycles. The zero-order valence-electron chi connectivity index (χ0n) is 11.3. The lowest BCUT2D eigenvalue weighted by Gasteiger charge is -2.19. The van der Waals surface area contributed by atoms with Crippen molar-refractivity contribution < 1.29 is 9.47 Å². The van der Waals surface area contributed by atoms with E-state index in [1.165, 1.54) is 6.42 Å². The molecule has 0 aliphatic heterocycles. The molecule has 0 bridgehead atoms. The predicted molar refractivity (Wildman–Crippen MR) is 70.0 cm³/mol. The summed E-state index contributed by atoms with van der Waals surface area (Å²) in [6.45, 7) is 4.50. The first-order valence-corrected chi connectivity index (χ1v) is 6.50. The van der Waals surface area contributed by atoms with Gasteiger partial charge in [-0.15, -0.1) is 0 Å². The number of hydrogen-bond donors (Lipinski definition) is 1. The fourth-order valence-electron chi connectivity index (χ4n) is 2.37. The summed E-state index contributed by atoms with van der Waals surface area (Å²) in [5.41, 5.74) is 0.905. The van der Waals surface area contributed by atoms with Crippen LogP contribution in [0.1, 0.15) is 31.9 Å². The Morgan fingerprint density at radius 3 is 2.94 bits per heavy atom. The fourth-order valence-corrected chi connectivity index (χ4v) is 2.37. The Balaban J connectivity index is 2.08. The maximum Gasteiger partial charge on any atom is 0.226 e. The average molecular weight is 251 g/mol. The van der Waals surface area contributed by atoms with Crippen LogP contribution in [0, 0.1) is 6.92 Å². The molecule has 0 radical (unpaired) electrons. The van der Waals surface area contributed by atoms with Crippen LogP contribution in [0.15, 0.2) is 6.07 Å². The number of nitrogens with zero attached hydrogens (tertiary/aromatic N) is 2. The lowest BCUT2D eigenvalue weighted by atomic mass is 10.2. The van der Waals surface area contributed by atoms with Crippen molar-refractivity contribution in [3.63, 3.8) is 0 Å². The number of hydrogen-bond acceptors (Lipinski definition) is 5. The highest BCUT2D eigenvalue weighted by molar-refractivity contribution is 5.32. The van der Waals surface area contributed by atoms with Crippen LogP contribution >= 0.6 is 0 Å². The van der Waals surface area contributed by atoms with Gasteiger partial charge in [-0.1, -0.05) is 0 Å². The SMILES string of the molecule is CCOc1cc(C)nc(NC2CCCC2OC)n1.